The van der Waals surface area contributed by atoms with Gasteiger partial charge >= 0.3 is 0 Å². The number of rotatable bonds is 5. The van der Waals surface area contributed by atoms with Crippen molar-refractivity contribution in [3.8, 4) is 0 Å². The molecule has 3 N–H and O–H groups in total. The third kappa shape index (κ3) is 6.29. The van der Waals surface area contributed by atoms with E-state index in [0.29, 0.717) is 42.8 Å². The molecule has 0 radical (unpaired) electrons. The van der Waals surface area contributed by atoms with E-state index in [9.17, 15) is 9.18 Å². The fourth-order valence-electron chi connectivity index (χ4n) is 4.41. The molecular weight excluding hydrogens is 447 g/mol. The standard InChI is InChI=1S/C18H24BrFN2O2.C6H6/c19-13-7-15-14-6-11(9-21-17(24)2-1-5-23)3-4-12(14)10-22-18(15)16(20)8-13;1-2-4-6-5-3-1/h7-8,11-12,14,22-23H,1-6,9-10H2,(H,21,24);1-6H. The lowest BCUT2D eigenvalue weighted by Crippen LogP contribution is -2.37. The average Bonchev–Trinajstić information content (AvgIpc) is 2.77. The smallest absolute Gasteiger partial charge is 0.220 e. The first-order chi connectivity index (χ1) is 14.6. The Hall–Kier alpha value is -1.92. The van der Waals surface area contributed by atoms with Gasteiger partial charge in [-0.15, -0.1) is 0 Å². The molecule has 3 unspecified atom stereocenters. The van der Waals surface area contributed by atoms with Gasteiger partial charge in [0.2, 0.25) is 5.91 Å². The zero-order chi connectivity index (χ0) is 21.3. The number of nitrogens with one attached hydrogen (secondary N) is 2. The molecule has 4 rings (SSSR count). The molecule has 30 heavy (non-hydrogen) atoms. The number of benzene rings is 2. The summed E-state index contributed by atoms with van der Waals surface area (Å²) in [4.78, 5) is 11.7. The van der Waals surface area contributed by atoms with Crippen molar-refractivity contribution in [3.05, 3.63) is 64.4 Å². The maximum absolute atomic E-state index is 14.2. The molecule has 1 aliphatic carbocycles. The van der Waals surface area contributed by atoms with Gasteiger partial charge in [-0.3, -0.25) is 4.79 Å². The number of hydrogen-bond acceptors (Lipinski definition) is 3. The Balaban J connectivity index is 0.000000367. The van der Waals surface area contributed by atoms with Crippen LogP contribution in [0.25, 0.3) is 0 Å². The Morgan fingerprint density at radius 1 is 1.17 bits per heavy atom. The highest BCUT2D eigenvalue weighted by Gasteiger charge is 2.36. The maximum atomic E-state index is 14.2. The minimum atomic E-state index is -0.197. The second-order valence-corrected chi connectivity index (χ2v) is 8.98. The highest BCUT2D eigenvalue weighted by molar-refractivity contribution is 9.10. The summed E-state index contributed by atoms with van der Waals surface area (Å²) in [5.74, 6) is 1.12. The van der Waals surface area contributed by atoms with Crippen LogP contribution in [0.2, 0.25) is 0 Å². The Morgan fingerprint density at radius 2 is 1.87 bits per heavy atom. The molecule has 1 saturated carbocycles. The van der Waals surface area contributed by atoms with Crippen LogP contribution >= 0.6 is 15.9 Å². The van der Waals surface area contributed by atoms with Crippen molar-refractivity contribution >= 4 is 27.5 Å². The van der Waals surface area contributed by atoms with E-state index in [2.05, 4.69) is 26.6 Å². The minimum Gasteiger partial charge on any atom is -0.396 e. The first-order valence-electron chi connectivity index (χ1n) is 10.7. The number of halogens is 2. The van der Waals surface area contributed by atoms with Gasteiger partial charge in [-0.05, 0) is 61.1 Å². The van der Waals surface area contributed by atoms with Gasteiger partial charge in [0.15, 0.2) is 0 Å². The molecule has 1 aliphatic heterocycles. The third-order valence-corrected chi connectivity index (χ3v) is 6.40. The lowest BCUT2D eigenvalue weighted by molar-refractivity contribution is -0.121. The van der Waals surface area contributed by atoms with E-state index in [4.69, 9.17) is 5.11 Å². The van der Waals surface area contributed by atoms with E-state index < -0.39 is 0 Å². The van der Waals surface area contributed by atoms with Crippen LogP contribution in [0.3, 0.4) is 0 Å². The van der Waals surface area contributed by atoms with Crippen molar-refractivity contribution in [2.75, 3.05) is 25.0 Å². The van der Waals surface area contributed by atoms with E-state index in [1.54, 1.807) is 0 Å². The van der Waals surface area contributed by atoms with Crippen molar-refractivity contribution < 1.29 is 14.3 Å². The molecule has 6 heteroatoms. The van der Waals surface area contributed by atoms with Crippen LogP contribution < -0.4 is 10.6 Å². The average molecular weight is 477 g/mol. The predicted octanol–water partition coefficient (Wildman–Crippen LogP) is 5.09. The number of carbonyl (C=O) groups excluding carboxylic acids is 1. The molecule has 0 aromatic heterocycles. The van der Waals surface area contributed by atoms with Crippen molar-refractivity contribution in [1.82, 2.24) is 5.32 Å². The fourth-order valence-corrected chi connectivity index (χ4v) is 4.86. The second-order valence-electron chi connectivity index (χ2n) is 8.06. The van der Waals surface area contributed by atoms with Gasteiger partial charge < -0.3 is 15.7 Å². The maximum Gasteiger partial charge on any atom is 0.220 e. The van der Waals surface area contributed by atoms with Crippen molar-refractivity contribution in [1.29, 1.82) is 0 Å². The number of aliphatic hydroxyl groups is 1. The van der Waals surface area contributed by atoms with Gasteiger partial charge in [0.1, 0.15) is 5.82 Å². The minimum absolute atomic E-state index is 0.00525. The Bertz CT molecular complexity index is 792. The fraction of sp³-hybridized carbons (Fsp3) is 0.458. The molecule has 0 spiro atoms. The number of anilines is 1. The van der Waals surface area contributed by atoms with Crippen LogP contribution in [0, 0.1) is 17.7 Å². The number of carbonyl (C=O) groups is 1. The first kappa shape index (κ1) is 22.8. The molecule has 4 nitrogen and oxygen atoms in total. The number of hydrogen-bond donors (Lipinski definition) is 3. The van der Waals surface area contributed by atoms with E-state index in [1.807, 2.05) is 42.5 Å². The van der Waals surface area contributed by atoms with E-state index in [0.717, 1.165) is 35.8 Å². The van der Waals surface area contributed by atoms with E-state index >= 15 is 0 Å². The molecule has 1 heterocycles. The highest BCUT2D eigenvalue weighted by atomic mass is 79.9. The summed E-state index contributed by atoms with van der Waals surface area (Å²) in [6, 6.07) is 15.5. The molecule has 2 aromatic rings. The normalized spacial score (nSPS) is 21.9. The zero-order valence-electron chi connectivity index (χ0n) is 17.1. The van der Waals surface area contributed by atoms with Crippen LogP contribution in [-0.2, 0) is 4.79 Å². The largest absolute Gasteiger partial charge is 0.396 e. The van der Waals surface area contributed by atoms with Crippen LogP contribution in [-0.4, -0.2) is 30.7 Å². The summed E-state index contributed by atoms with van der Waals surface area (Å²) >= 11 is 3.40. The number of fused-ring (bicyclic) bond motifs is 3. The van der Waals surface area contributed by atoms with E-state index in [-0.39, 0.29) is 18.3 Å². The van der Waals surface area contributed by atoms with Gasteiger partial charge in [-0.25, -0.2) is 4.39 Å². The van der Waals surface area contributed by atoms with Gasteiger partial charge in [0, 0.05) is 30.6 Å². The summed E-state index contributed by atoms with van der Waals surface area (Å²) in [5.41, 5.74) is 1.71. The Labute approximate surface area is 186 Å². The van der Waals surface area contributed by atoms with Gasteiger partial charge in [0.25, 0.3) is 0 Å². The number of amides is 1. The molecule has 3 atom stereocenters. The van der Waals surface area contributed by atoms with Crippen LogP contribution in [0.5, 0.6) is 0 Å². The lowest BCUT2D eigenvalue weighted by Gasteiger charge is -2.41. The SMILES string of the molecule is O=C(CCCO)NCC1CCC2CNc3c(F)cc(Br)cc3C2C1.c1ccccc1. The van der Waals surface area contributed by atoms with Gasteiger partial charge in [-0.1, -0.05) is 52.3 Å². The Kier molecular flexibility index (Phi) is 8.70. The second kappa shape index (κ2) is 11.5. The van der Waals surface area contributed by atoms with Crippen molar-refractivity contribution in [2.45, 2.75) is 38.0 Å². The molecule has 162 valence electrons. The summed E-state index contributed by atoms with van der Waals surface area (Å²) in [6.45, 7) is 1.54. The quantitative estimate of drug-likeness (QED) is 0.563. The third-order valence-electron chi connectivity index (χ3n) is 5.94. The molecule has 0 bridgehead atoms. The summed E-state index contributed by atoms with van der Waals surface area (Å²) in [6.07, 6.45) is 4.06. The molecule has 2 aromatic carbocycles. The first-order valence-corrected chi connectivity index (χ1v) is 11.5. The van der Waals surface area contributed by atoms with Crippen molar-refractivity contribution in [2.24, 2.45) is 11.8 Å². The van der Waals surface area contributed by atoms with Gasteiger partial charge in [0.05, 0.1) is 5.69 Å². The van der Waals surface area contributed by atoms with Crippen molar-refractivity contribution in [3.63, 3.8) is 0 Å². The molecular formula is C24H30BrFN2O2. The summed E-state index contributed by atoms with van der Waals surface area (Å²) in [7, 11) is 0. The molecule has 0 saturated heterocycles. The molecule has 1 fully saturated rings. The summed E-state index contributed by atoms with van der Waals surface area (Å²) in [5, 5.41) is 15.0. The monoisotopic (exact) mass is 476 g/mol. The summed E-state index contributed by atoms with van der Waals surface area (Å²) < 4.78 is 15.0. The van der Waals surface area contributed by atoms with Crippen LogP contribution in [0.15, 0.2) is 53.0 Å². The van der Waals surface area contributed by atoms with Crippen LogP contribution in [0.4, 0.5) is 10.1 Å². The van der Waals surface area contributed by atoms with Gasteiger partial charge in [-0.2, -0.15) is 0 Å². The van der Waals surface area contributed by atoms with Crippen LogP contribution in [0.1, 0.15) is 43.6 Å². The topological polar surface area (TPSA) is 61.4 Å². The molecule has 2 aliphatic rings. The predicted molar refractivity (Wildman–Crippen MR) is 122 cm³/mol. The van der Waals surface area contributed by atoms with E-state index in [1.165, 1.54) is 6.07 Å². The zero-order valence-corrected chi connectivity index (χ0v) is 18.7. The Morgan fingerprint density at radius 3 is 2.53 bits per heavy atom. The molecule has 1 amide bonds. The number of aliphatic hydroxyl groups excluding tert-OH is 1. The lowest BCUT2D eigenvalue weighted by atomic mass is 9.69. The highest BCUT2D eigenvalue weighted by Crippen LogP contribution is 2.47.